The highest BCUT2D eigenvalue weighted by molar-refractivity contribution is 6.29. The summed E-state index contributed by atoms with van der Waals surface area (Å²) in [5.74, 6) is -3.87. The van der Waals surface area contributed by atoms with Crippen LogP contribution >= 0.6 is 11.6 Å². The Bertz CT molecular complexity index is 1100. The summed E-state index contributed by atoms with van der Waals surface area (Å²) >= 11 is 5.88. The van der Waals surface area contributed by atoms with E-state index >= 15 is 0 Å². The smallest absolute Gasteiger partial charge is 0.250 e. The number of amides is 2. The van der Waals surface area contributed by atoms with Crippen LogP contribution in [-0.4, -0.2) is 44.6 Å². The van der Waals surface area contributed by atoms with Crippen LogP contribution in [-0.2, 0) is 9.59 Å². The average Bonchev–Trinajstić information content (AvgIpc) is 3.47. The first-order valence-electron chi connectivity index (χ1n) is 10.2. The van der Waals surface area contributed by atoms with E-state index < -0.39 is 42.1 Å². The van der Waals surface area contributed by atoms with Crippen molar-refractivity contribution in [1.82, 2.24) is 20.3 Å². The van der Waals surface area contributed by atoms with Crippen LogP contribution in [0.15, 0.2) is 60.0 Å². The molecule has 1 aromatic carbocycles. The Morgan fingerprint density at radius 2 is 1.91 bits per heavy atom. The molecule has 1 aliphatic rings. The molecule has 1 fully saturated rings. The summed E-state index contributed by atoms with van der Waals surface area (Å²) in [7, 11) is 0. The Labute approximate surface area is 193 Å². The molecule has 0 unspecified atom stereocenters. The molecule has 3 aromatic rings. The molecular formula is C22H20ClF2N5O3. The van der Waals surface area contributed by atoms with Crippen molar-refractivity contribution in [3.63, 3.8) is 0 Å². The fraction of sp³-hybridized carbons (Fsp3) is 0.318. The first-order chi connectivity index (χ1) is 15.9. The van der Waals surface area contributed by atoms with Crippen LogP contribution in [0.1, 0.15) is 30.9 Å². The van der Waals surface area contributed by atoms with Gasteiger partial charge in [0.15, 0.2) is 12.2 Å². The number of oxazole rings is 1. The first-order valence-corrected chi connectivity index (χ1v) is 10.7. The van der Waals surface area contributed by atoms with Crippen molar-refractivity contribution in [2.24, 2.45) is 0 Å². The maximum Gasteiger partial charge on any atom is 0.250 e. The van der Waals surface area contributed by atoms with Crippen molar-refractivity contribution >= 4 is 29.1 Å². The highest BCUT2D eigenvalue weighted by atomic mass is 35.5. The van der Waals surface area contributed by atoms with Crippen LogP contribution in [0.5, 0.6) is 0 Å². The van der Waals surface area contributed by atoms with Crippen LogP contribution in [0.25, 0.3) is 11.3 Å². The van der Waals surface area contributed by atoms with Gasteiger partial charge in [0, 0.05) is 48.1 Å². The predicted octanol–water partition coefficient (Wildman–Crippen LogP) is 3.75. The molecule has 8 nitrogen and oxygen atoms in total. The maximum absolute atomic E-state index is 13.7. The van der Waals surface area contributed by atoms with E-state index in [1.54, 1.807) is 30.5 Å². The Balaban J connectivity index is 1.68. The molecule has 0 bridgehead atoms. The zero-order valence-corrected chi connectivity index (χ0v) is 18.1. The van der Waals surface area contributed by atoms with Crippen LogP contribution in [0.4, 0.5) is 14.5 Å². The van der Waals surface area contributed by atoms with Gasteiger partial charge < -0.3 is 9.73 Å². The zero-order chi connectivity index (χ0) is 23.4. The summed E-state index contributed by atoms with van der Waals surface area (Å²) in [6.45, 7) is 0. The minimum Gasteiger partial charge on any atom is -0.444 e. The number of carbonyl (C=O) groups is 2. The molecule has 0 aliphatic heterocycles. The monoisotopic (exact) mass is 475 g/mol. The van der Waals surface area contributed by atoms with Gasteiger partial charge in [0.25, 0.3) is 0 Å². The number of aromatic nitrogens is 3. The van der Waals surface area contributed by atoms with Crippen molar-refractivity contribution < 1.29 is 22.8 Å². The number of anilines is 1. The molecular weight excluding hydrogens is 456 g/mol. The number of carbonyl (C=O) groups excluding carboxylic acids is 2. The topological polar surface area (TPSA) is 101 Å². The molecule has 0 saturated heterocycles. The lowest BCUT2D eigenvalue weighted by molar-refractivity contribution is -0.126. The largest absolute Gasteiger partial charge is 0.444 e. The van der Waals surface area contributed by atoms with Crippen molar-refractivity contribution in [1.29, 1.82) is 0 Å². The van der Waals surface area contributed by atoms with E-state index in [2.05, 4.69) is 20.3 Å². The highest BCUT2D eigenvalue weighted by Gasteiger charge is 2.42. The molecule has 2 atom stereocenters. The lowest BCUT2D eigenvalue weighted by atomic mass is 10.0. The molecule has 33 heavy (non-hydrogen) atoms. The Kier molecular flexibility index (Phi) is 6.64. The first kappa shape index (κ1) is 22.8. The number of hydrogen-bond acceptors (Lipinski definition) is 6. The molecule has 2 aromatic heterocycles. The summed E-state index contributed by atoms with van der Waals surface area (Å²) < 4.78 is 32.6. The van der Waals surface area contributed by atoms with Gasteiger partial charge in [-0.25, -0.2) is 23.7 Å². The lowest BCUT2D eigenvalue weighted by Crippen LogP contribution is -2.47. The van der Waals surface area contributed by atoms with Crippen molar-refractivity contribution in [3.05, 3.63) is 61.1 Å². The Hall–Kier alpha value is -3.40. The Morgan fingerprint density at radius 3 is 2.48 bits per heavy atom. The second kappa shape index (κ2) is 9.62. The number of halogens is 3. The quantitative estimate of drug-likeness (QED) is 0.522. The summed E-state index contributed by atoms with van der Waals surface area (Å²) in [6.07, 6.45) is 6.33. The van der Waals surface area contributed by atoms with Crippen molar-refractivity contribution in [2.75, 3.05) is 10.8 Å². The van der Waals surface area contributed by atoms with Gasteiger partial charge in [0.05, 0.1) is 6.20 Å². The zero-order valence-electron chi connectivity index (χ0n) is 17.3. The number of nitrogens with zero attached hydrogens (tertiary/aromatic N) is 4. The van der Waals surface area contributed by atoms with Gasteiger partial charge in [-0.3, -0.25) is 14.5 Å². The third-order valence-electron chi connectivity index (χ3n) is 5.40. The van der Waals surface area contributed by atoms with Gasteiger partial charge >= 0.3 is 0 Å². The molecule has 4 rings (SSSR count). The van der Waals surface area contributed by atoms with Crippen molar-refractivity contribution in [2.45, 2.75) is 37.3 Å². The molecule has 1 aliphatic carbocycles. The van der Waals surface area contributed by atoms with Crippen LogP contribution < -0.4 is 10.2 Å². The number of nitrogens with one attached hydrogen (secondary N) is 1. The van der Waals surface area contributed by atoms with E-state index in [0.29, 0.717) is 22.6 Å². The van der Waals surface area contributed by atoms with E-state index in [0.717, 1.165) is 0 Å². The predicted molar refractivity (Wildman–Crippen MR) is 116 cm³/mol. The highest BCUT2D eigenvalue weighted by Crippen LogP contribution is 2.36. The second-order valence-electron chi connectivity index (χ2n) is 7.69. The molecule has 1 N–H and O–H groups in total. The van der Waals surface area contributed by atoms with Crippen LogP contribution in [0, 0.1) is 0 Å². The summed E-state index contributed by atoms with van der Waals surface area (Å²) in [5.41, 5.74) is 1.41. The van der Waals surface area contributed by atoms with E-state index in [9.17, 15) is 18.4 Å². The fourth-order valence-corrected chi connectivity index (χ4v) is 4.00. The standard InChI is InChI=1S/C22H20ClF2N5O3/c23-8-19(31)30(17-3-1-14(2-4-17)18-11-28-13-33-18)20(15-9-26-12-27-10-15)21(32)29-16-5-6-22(24,25)7-16/h1-4,9-13,16,20H,5-8H2,(H,29,32)/t16-,20-/m1/s1. The van der Waals surface area contributed by atoms with E-state index in [1.807, 2.05) is 0 Å². The minimum atomic E-state index is -2.83. The summed E-state index contributed by atoms with van der Waals surface area (Å²) in [5, 5.41) is 2.66. The third-order valence-corrected chi connectivity index (χ3v) is 5.63. The average molecular weight is 476 g/mol. The van der Waals surface area contributed by atoms with Gasteiger partial charge in [0.2, 0.25) is 17.7 Å². The van der Waals surface area contributed by atoms with Gasteiger partial charge in [-0.1, -0.05) is 0 Å². The number of alkyl halides is 3. The van der Waals surface area contributed by atoms with Crippen molar-refractivity contribution in [3.8, 4) is 11.3 Å². The summed E-state index contributed by atoms with van der Waals surface area (Å²) in [6, 6.07) is 4.77. The van der Waals surface area contributed by atoms with Gasteiger partial charge in [0.1, 0.15) is 18.2 Å². The van der Waals surface area contributed by atoms with Gasteiger partial charge in [-0.05, 0) is 30.7 Å². The molecule has 0 spiro atoms. The summed E-state index contributed by atoms with van der Waals surface area (Å²) in [4.78, 5) is 39.2. The van der Waals surface area contributed by atoms with Gasteiger partial charge in [-0.2, -0.15) is 0 Å². The second-order valence-corrected chi connectivity index (χ2v) is 7.96. The van der Waals surface area contributed by atoms with Crippen LogP contribution in [0.2, 0.25) is 0 Å². The molecule has 2 heterocycles. The number of hydrogen-bond donors (Lipinski definition) is 1. The Morgan fingerprint density at radius 1 is 1.18 bits per heavy atom. The molecule has 2 amide bonds. The van der Waals surface area contributed by atoms with Gasteiger partial charge in [-0.15, -0.1) is 11.6 Å². The third kappa shape index (κ3) is 5.16. The lowest BCUT2D eigenvalue weighted by Gasteiger charge is -2.31. The van der Waals surface area contributed by atoms with Crippen LogP contribution in [0.3, 0.4) is 0 Å². The van der Waals surface area contributed by atoms with E-state index in [1.165, 1.54) is 30.0 Å². The number of rotatable bonds is 7. The SMILES string of the molecule is O=C(N[C@@H]1CCC(F)(F)C1)[C@@H](c1cncnc1)N(C(=O)CCl)c1ccc(-c2cnco2)cc1. The number of benzene rings is 1. The molecule has 1 saturated carbocycles. The fourth-order valence-electron chi connectivity index (χ4n) is 3.87. The normalized spacial score (nSPS) is 18.0. The minimum absolute atomic E-state index is 0.145. The van der Waals surface area contributed by atoms with E-state index in [4.69, 9.17) is 16.0 Å². The van der Waals surface area contributed by atoms with E-state index in [-0.39, 0.29) is 12.8 Å². The maximum atomic E-state index is 13.7. The molecule has 172 valence electrons. The molecule has 11 heteroatoms. The molecule has 0 radical (unpaired) electrons.